The third kappa shape index (κ3) is 3.79. The highest BCUT2D eigenvalue weighted by molar-refractivity contribution is 6.07. The molecule has 2 N–H and O–H groups in total. The molecule has 6 heteroatoms. The molecule has 0 aromatic heterocycles. The number of carbonyl (C=O) groups is 1. The second-order valence-corrected chi connectivity index (χ2v) is 7.81. The van der Waals surface area contributed by atoms with Crippen molar-refractivity contribution >= 4 is 17.6 Å². The van der Waals surface area contributed by atoms with Gasteiger partial charge >= 0.3 is 0 Å². The zero-order valence-electron chi connectivity index (χ0n) is 16.0. The first-order valence-corrected chi connectivity index (χ1v) is 9.46. The normalized spacial score (nSPS) is 23.9. The van der Waals surface area contributed by atoms with Crippen molar-refractivity contribution in [1.82, 2.24) is 10.2 Å². The summed E-state index contributed by atoms with van der Waals surface area (Å²) >= 11 is 0. The van der Waals surface area contributed by atoms with Crippen molar-refractivity contribution in [3.8, 4) is 5.75 Å². The van der Waals surface area contributed by atoms with Crippen LogP contribution in [0.5, 0.6) is 5.75 Å². The van der Waals surface area contributed by atoms with Crippen molar-refractivity contribution in [3.05, 3.63) is 24.3 Å². The SMILES string of the molecule is CN1C(=N)NC(COc2cccc(N(C)C)c2)(CC2CCCCC2)C1=O. The van der Waals surface area contributed by atoms with E-state index < -0.39 is 5.54 Å². The lowest BCUT2D eigenvalue weighted by molar-refractivity contribution is -0.132. The van der Waals surface area contributed by atoms with Crippen LogP contribution in [-0.2, 0) is 4.79 Å². The minimum absolute atomic E-state index is 0.0585. The Kier molecular flexibility index (Phi) is 5.39. The Balaban J connectivity index is 1.77. The van der Waals surface area contributed by atoms with Crippen LogP contribution in [0.15, 0.2) is 24.3 Å². The number of anilines is 1. The quantitative estimate of drug-likeness (QED) is 0.820. The van der Waals surface area contributed by atoms with Crippen LogP contribution in [0.1, 0.15) is 38.5 Å². The van der Waals surface area contributed by atoms with Crippen LogP contribution in [-0.4, -0.2) is 50.1 Å². The average molecular weight is 358 g/mol. The van der Waals surface area contributed by atoms with E-state index in [1.807, 2.05) is 43.3 Å². The second-order valence-electron chi connectivity index (χ2n) is 7.81. The average Bonchev–Trinajstić information content (AvgIpc) is 2.85. The second kappa shape index (κ2) is 7.56. The van der Waals surface area contributed by atoms with E-state index in [-0.39, 0.29) is 18.5 Å². The van der Waals surface area contributed by atoms with Crippen LogP contribution in [0.25, 0.3) is 0 Å². The van der Waals surface area contributed by atoms with Gasteiger partial charge in [-0.3, -0.25) is 15.1 Å². The number of hydrogen-bond donors (Lipinski definition) is 2. The van der Waals surface area contributed by atoms with E-state index in [4.69, 9.17) is 10.1 Å². The molecule has 0 bridgehead atoms. The van der Waals surface area contributed by atoms with E-state index in [9.17, 15) is 4.79 Å². The predicted molar refractivity (Wildman–Crippen MR) is 104 cm³/mol. The summed E-state index contributed by atoms with van der Waals surface area (Å²) in [5, 5.41) is 11.2. The summed E-state index contributed by atoms with van der Waals surface area (Å²) in [7, 11) is 5.64. The van der Waals surface area contributed by atoms with E-state index in [0.717, 1.165) is 30.7 Å². The summed E-state index contributed by atoms with van der Waals surface area (Å²) in [6, 6.07) is 7.86. The van der Waals surface area contributed by atoms with Gasteiger partial charge in [0, 0.05) is 32.9 Å². The molecule has 2 aliphatic rings. The molecule has 26 heavy (non-hydrogen) atoms. The molecular formula is C20H30N4O2. The van der Waals surface area contributed by atoms with Gasteiger partial charge < -0.3 is 15.0 Å². The van der Waals surface area contributed by atoms with E-state index >= 15 is 0 Å². The van der Waals surface area contributed by atoms with Crippen LogP contribution >= 0.6 is 0 Å². The number of guanidine groups is 1. The molecule has 2 fully saturated rings. The first-order valence-electron chi connectivity index (χ1n) is 9.46. The molecule has 1 saturated carbocycles. The van der Waals surface area contributed by atoms with E-state index in [1.54, 1.807) is 7.05 Å². The minimum Gasteiger partial charge on any atom is -0.491 e. The number of likely N-dealkylation sites (N-methyl/N-ethyl adjacent to an activating group) is 1. The van der Waals surface area contributed by atoms with Gasteiger partial charge in [-0.05, 0) is 24.5 Å². The summed E-state index contributed by atoms with van der Waals surface area (Å²) in [6.07, 6.45) is 6.79. The van der Waals surface area contributed by atoms with Gasteiger partial charge in [-0.15, -0.1) is 0 Å². The number of rotatable bonds is 6. The zero-order chi connectivity index (χ0) is 18.7. The number of nitrogens with one attached hydrogen (secondary N) is 2. The molecule has 1 amide bonds. The van der Waals surface area contributed by atoms with Gasteiger partial charge in [0.05, 0.1) is 0 Å². The number of amides is 1. The maximum absolute atomic E-state index is 12.9. The molecule has 142 valence electrons. The van der Waals surface area contributed by atoms with Gasteiger partial charge in [0.25, 0.3) is 5.91 Å². The summed E-state index contributed by atoms with van der Waals surface area (Å²) in [6.45, 7) is 0.242. The van der Waals surface area contributed by atoms with Gasteiger partial charge in [0.1, 0.15) is 12.4 Å². The van der Waals surface area contributed by atoms with Crippen molar-refractivity contribution in [2.24, 2.45) is 5.92 Å². The van der Waals surface area contributed by atoms with Gasteiger partial charge in [-0.25, -0.2) is 0 Å². The van der Waals surface area contributed by atoms with Gasteiger partial charge in [-0.2, -0.15) is 0 Å². The number of carbonyl (C=O) groups excluding carboxylic acids is 1. The van der Waals surface area contributed by atoms with Crippen LogP contribution in [0.3, 0.4) is 0 Å². The van der Waals surface area contributed by atoms with E-state index in [1.165, 1.54) is 24.2 Å². The maximum Gasteiger partial charge on any atom is 0.258 e. The van der Waals surface area contributed by atoms with Crippen LogP contribution < -0.4 is 15.0 Å². The standard InChI is InChI=1S/C20H30N4O2/c1-23(2)16-10-7-11-17(12-16)26-14-20(13-15-8-5-4-6-9-15)18(25)24(3)19(21)22-20/h7,10-12,15H,4-6,8-9,13-14H2,1-3H3,(H2,21,22). The molecule has 1 saturated heterocycles. The predicted octanol–water partition coefficient (Wildman–Crippen LogP) is 2.84. The summed E-state index contributed by atoms with van der Waals surface area (Å²) in [5.74, 6) is 1.36. The lowest BCUT2D eigenvalue weighted by Crippen LogP contribution is -2.53. The van der Waals surface area contributed by atoms with Crippen molar-refractivity contribution in [1.29, 1.82) is 5.41 Å². The third-order valence-corrected chi connectivity index (χ3v) is 5.59. The molecular weight excluding hydrogens is 328 g/mol. The highest BCUT2D eigenvalue weighted by atomic mass is 16.5. The summed E-state index contributed by atoms with van der Waals surface area (Å²) in [4.78, 5) is 16.4. The molecule has 1 heterocycles. The van der Waals surface area contributed by atoms with Gasteiger partial charge in [0.2, 0.25) is 0 Å². The molecule has 1 aromatic rings. The molecule has 1 unspecified atom stereocenters. The van der Waals surface area contributed by atoms with Crippen molar-refractivity contribution in [2.75, 3.05) is 32.6 Å². The Morgan fingerprint density at radius 2 is 2.04 bits per heavy atom. The maximum atomic E-state index is 12.9. The van der Waals surface area contributed by atoms with Crippen molar-refractivity contribution in [3.63, 3.8) is 0 Å². The number of benzene rings is 1. The zero-order valence-corrected chi connectivity index (χ0v) is 16.0. The Morgan fingerprint density at radius 1 is 1.31 bits per heavy atom. The Labute approximate surface area is 156 Å². The highest BCUT2D eigenvalue weighted by Gasteiger charge is 2.50. The largest absolute Gasteiger partial charge is 0.491 e. The Morgan fingerprint density at radius 3 is 2.65 bits per heavy atom. The van der Waals surface area contributed by atoms with Crippen LogP contribution in [0, 0.1) is 11.3 Å². The first kappa shape index (κ1) is 18.5. The molecule has 0 spiro atoms. The third-order valence-electron chi connectivity index (χ3n) is 5.59. The van der Waals surface area contributed by atoms with Crippen molar-refractivity contribution < 1.29 is 9.53 Å². The van der Waals surface area contributed by atoms with Crippen LogP contribution in [0.2, 0.25) is 0 Å². The molecule has 3 rings (SSSR count). The molecule has 1 atom stereocenters. The monoisotopic (exact) mass is 358 g/mol. The summed E-state index contributed by atoms with van der Waals surface area (Å²) in [5.41, 5.74) is 0.224. The fraction of sp³-hybridized carbons (Fsp3) is 0.600. The molecule has 1 aromatic carbocycles. The van der Waals surface area contributed by atoms with Gasteiger partial charge in [0.15, 0.2) is 11.5 Å². The molecule has 0 radical (unpaired) electrons. The Bertz CT molecular complexity index is 670. The molecule has 6 nitrogen and oxygen atoms in total. The van der Waals surface area contributed by atoms with Crippen LogP contribution in [0.4, 0.5) is 5.69 Å². The number of nitrogens with zero attached hydrogens (tertiary/aromatic N) is 2. The van der Waals surface area contributed by atoms with Gasteiger partial charge in [-0.1, -0.05) is 38.2 Å². The summed E-state index contributed by atoms with van der Waals surface area (Å²) < 4.78 is 6.06. The fourth-order valence-corrected chi connectivity index (χ4v) is 4.02. The fourth-order valence-electron chi connectivity index (χ4n) is 4.02. The van der Waals surface area contributed by atoms with E-state index in [0.29, 0.717) is 5.92 Å². The van der Waals surface area contributed by atoms with Crippen molar-refractivity contribution in [2.45, 2.75) is 44.1 Å². The first-order chi connectivity index (χ1) is 12.4. The lowest BCUT2D eigenvalue weighted by atomic mass is 9.79. The smallest absolute Gasteiger partial charge is 0.258 e. The molecule has 1 aliphatic heterocycles. The van der Waals surface area contributed by atoms with E-state index in [2.05, 4.69) is 5.32 Å². The minimum atomic E-state index is -0.831. The molecule has 1 aliphatic carbocycles. The number of ether oxygens (including phenoxy) is 1. The highest BCUT2D eigenvalue weighted by Crippen LogP contribution is 2.34. The number of hydrogen-bond acceptors (Lipinski definition) is 4. The Hall–Kier alpha value is -2.24. The topological polar surface area (TPSA) is 68.7 Å². The lowest BCUT2D eigenvalue weighted by Gasteiger charge is -2.32.